The highest BCUT2D eigenvalue weighted by Crippen LogP contribution is 2.26. The van der Waals surface area contributed by atoms with Gasteiger partial charge in [-0.15, -0.1) is 11.6 Å². The molecule has 2 N–H and O–H groups in total. The van der Waals surface area contributed by atoms with Gasteiger partial charge in [-0.25, -0.2) is 8.78 Å². The molecule has 0 saturated heterocycles. The summed E-state index contributed by atoms with van der Waals surface area (Å²) in [6.07, 6.45) is -1.30. The lowest BCUT2D eigenvalue weighted by molar-refractivity contribution is 0.145. The summed E-state index contributed by atoms with van der Waals surface area (Å²) >= 11 is 5.53. The molecule has 5 heteroatoms. The monoisotopic (exact) mass is 206 g/mol. The van der Waals surface area contributed by atoms with Crippen LogP contribution in [0.5, 0.6) is 0 Å². The first-order chi connectivity index (χ1) is 6.07. The molecule has 13 heavy (non-hydrogen) atoms. The van der Waals surface area contributed by atoms with Gasteiger partial charge in [0.1, 0.15) is 5.69 Å². The maximum atomic E-state index is 12.3. The van der Waals surface area contributed by atoms with E-state index in [-0.39, 0.29) is 11.6 Å². The van der Waals surface area contributed by atoms with Crippen LogP contribution < -0.4 is 5.73 Å². The second-order valence-corrected chi connectivity index (χ2v) is 2.91. The number of pyridine rings is 1. The molecule has 1 aromatic heterocycles. The van der Waals surface area contributed by atoms with Crippen LogP contribution in [0.2, 0.25) is 0 Å². The number of nitrogens with two attached hydrogens (primary N) is 1. The van der Waals surface area contributed by atoms with Gasteiger partial charge in [0.05, 0.1) is 5.88 Å². The zero-order chi connectivity index (χ0) is 10.0. The standard InChI is InChI=1S/C8H9ClF2N2/c1-4-6(12)5(2-9)3-13-7(4)8(10)11/h3,8H,2H2,1H3,(H2,12,13). The van der Waals surface area contributed by atoms with Crippen molar-refractivity contribution in [3.8, 4) is 0 Å². The topological polar surface area (TPSA) is 38.9 Å². The lowest BCUT2D eigenvalue weighted by atomic mass is 10.1. The van der Waals surface area contributed by atoms with Crippen molar-refractivity contribution in [3.63, 3.8) is 0 Å². The Kier molecular flexibility index (Phi) is 3.03. The average Bonchev–Trinajstić information content (AvgIpc) is 2.09. The molecule has 0 atom stereocenters. The van der Waals surface area contributed by atoms with Crippen LogP contribution in [0.3, 0.4) is 0 Å². The highest BCUT2D eigenvalue weighted by Gasteiger charge is 2.15. The van der Waals surface area contributed by atoms with E-state index in [1.54, 1.807) is 0 Å². The van der Waals surface area contributed by atoms with E-state index in [1.807, 2.05) is 0 Å². The van der Waals surface area contributed by atoms with Gasteiger partial charge < -0.3 is 5.73 Å². The number of halogens is 3. The van der Waals surface area contributed by atoms with Gasteiger partial charge in [0.2, 0.25) is 0 Å². The summed E-state index contributed by atoms with van der Waals surface area (Å²) in [7, 11) is 0. The van der Waals surface area contributed by atoms with Crippen LogP contribution in [0.1, 0.15) is 23.2 Å². The number of anilines is 1. The molecule has 0 spiro atoms. The van der Waals surface area contributed by atoms with E-state index in [4.69, 9.17) is 17.3 Å². The smallest absolute Gasteiger partial charge is 0.280 e. The largest absolute Gasteiger partial charge is 0.398 e. The first-order valence-electron chi connectivity index (χ1n) is 3.66. The van der Waals surface area contributed by atoms with Crippen LogP contribution in [0.25, 0.3) is 0 Å². The fourth-order valence-electron chi connectivity index (χ4n) is 1.02. The van der Waals surface area contributed by atoms with Crippen LogP contribution in [-0.4, -0.2) is 4.98 Å². The van der Waals surface area contributed by atoms with E-state index in [1.165, 1.54) is 13.1 Å². The third-order valence-electron chi connectivity index (χ3n) is 1.84. The SMILES string of the molecule is Cc1c(C(F)F)ncc(CCl)c1N. The second kappa shape index (κ2) is 3.87. The molecule has 1 aromatic rings. The average molecular weight is 207 g/mol. The predicted octanol–water partition coefficient (Wildman–Crippen LogP) is 2.65. The van der Waals surface area contributed by atoms with Crippen molar-refractivity contribution in [2.75, 3.05) is 5.73 Å². The fourth-order valence-corrected chi connectivity index (χ4v) is 1.23. The molecule has 0 aliphatic carbocycles. The Hall–Kier alpha value is -0.900. The van der Waals surface area contributed by atoms with Crippen LogP contribution >= 0.6 is 11.6 Å². The minimum atomic E-state index is -2.59. The predicted molar refractivity (Wildman–Crippen MR) is 47.9 cm³/mol. The fraction of sp³-hybridized carbons (Fsp3) is 0.375. The molecule has 0 aromatic carbocycles. The lowest BCUT2D eigenvalue weighted by Crippen LogP contribution is -2.03. The zero-order valence-corrected chi connectivity index (χ0v) is 7.78. The van der Waals surface area contributed by atoms with Gasteiger partial charge in [0.15, 0.2) is 0 Å². The van der Waals surface area contributed by atoms with Gasteiger partial charge >= 0.3 is 0 Å². The van der Waals surface area contributed by atoms with Crippen molar-refractivity contribution in [1.82, 2.24) is 4.98 Å². The zero-order valence-electron chi connectivity index (χ0n) is 7.02. The molecular weight excluding hydrogens is 198 g/mol. The van der Waals surface area contributed by atoms with Crippen LogP contribution in [-0.2, 0) is 5.88 Å². The number of aromatic nitrogens is 1. The number of rotatable bonds is 2. The molecular formula is C8H9ClF2N2. The van der Waals surface area contributed by atoms with Gasteiger partial charge in [0, 0.05) is 17.4 Å². The van der Waals surface area contributed by atoms with E-state index in [0.717, 1.165) is 0 Å². The quantitative estimate of drug-likeness (QED) is 0.756. The van der Waals surface area contributed by atoms with Gasteiger partial charge in [-0.1, -0.05) is 0 Å². The molecule has 1 rings (SSSR count). The minimum Gasteiger partial charge on any atom is -0.398 e. The summed E-state index contributed by atoms with van der Waals surface area (Å²) in [6, 6.07) is 0. The number of hydrogen-bond acceptors (Lipinski definition) is 2. The van der Waals surface area contributed by atoms with Crippen molar-refractivity contribution in [1.29, 1.82) is 0 Å². The van der Waals surface area contributed by atoms with Crippen LogP contribution in [0, 0.1) is 6.92 Å². The summed E-state index contributed by atoms with van der Waals surface area (Å²) in [5, 5.41) is 0. The van der Waals surface area contributed by atoms with Crippen LogP contribution in [0.15, 0.2) is 6.20 Å². The summed E-state index contributed by atoms with van der Waals surface area (Å²) in [6.45, 7) is 1.51. The molecule has 0 saturated carbocycles. The number of alkyl halides is 3. The highest BCUT2D eigenvalue weighted by atomic mass is 35.5. The molecule has 0 aliphatic rings. The second-order valence-electron chi connectivity index (χ2n) is 2.64. The summed E-state index contributed by atoms with van der Waals surface area (Å²) in [4.78, 5) is 3.59. The Balaban J connectivity index is 3.23. The van der Waals surface area contributed by atoms with E-state index in [0.29, 0.717) is 16.8 Å². The molecule has 72 valence electrons. The molecule has 0 radical (unpaired) electrons. The first kappa shape index (κ1) is 10.2. The van der Waals surface area contributed by atoms with Crippen molar-refractivity contribution < 1.29 is 8.78 Å². The summed E-state index contributed by atoms with van der Waals surface area (Å²) in [5.41, 5.74) is 6.51. The van der Waals surface area contributed by atoms with Crippen molar-refractivity contribution in [2.45, 2.75) is 19.2 Å². The van der Waals surface area contributed by atoms with E-state index in [2.05, 4.69) is 4.98 Å². The Bertz CT molecular complexity index is 315. The maximum absolute atomic E-state index is 12.3. The van der Waals surface area contributed by atoms with Gasteiger partial charge in [-0.05, 0) is 12.5 Å². The van der Waals surface area contributed by atoms with Crippen LogP contribution in [0.4, 0.5) is 14.5 Å². The molecule has 2 nitrogen and oxygen atoms in total. The molecule has 0 unspecified atom stereocenters. The molecule has 0 fully saturated rings. The summed E-state index contributed by atoms with van der Waals surface area (Å²) < 4.78 is 24.6. The van der Waals surface area contributed by atoms with E-state index >= 15 is 0 Å². The van der Waals surface area contributed by atoms with Crippen molar-refractivity contribution in [2.24, 2.45) is 0 Å². The number of hydrogen-bond donors (Lipinski definition) is 1. The molecule has 0 aliphatic heterocycles. The summed E-state index contributed by atoms with van der Waals surface area (Å²) in [5.74, 6) is 0.184. The Labute approximate surface area is 79.7 Å². The number of nitrogens with zero attached hydrogens (tertiary/aromatic N) is 1. The molecule has 0 amide bonds. The Morgan fingerprint density at radius 2 is 2.23 bits per heavy atom. The van der Waals surface area contributed by atoms with Gasteiger partial charge in [0.25, 0.3) is 6.43 Å². The number of nitrogen functional groups attached to an aromatic ring is 1. The Morgan fingerprint density at radius 3 is 2.69 bits per heavy atom. The lowest BCUT2D eigenvalue weighted by Gasteiger charge is -2.09. The van der Waals surface area contributed by atoms with E-state index in [9.17, 15) is 8.78 Å². The van der Waals surface area contributed by atoms with E-state index < -0.39 is 6.43 Å². The Morgan fingerprint density at radius 1 is 1.62 bits per heavy atom. The first-order valence-corrected chi connectivity index (χ1v) is 4.19. The third kappa shape index (κ3) is 1.88. The normalized spacial score (nSPS) is 10.8. The van der Waals surface area contributed by atoms with Crippen molar-refractivity contribution >= 4 is 17.3 Å². The minimum absolute atomic E-state index is 0.184. The maximum Gasteiger partial charge on any atom is 0.280 e. The van der Waals surface area contributed by atoms with Gasteiger partial charge in [-0.3, -0.25) is 4.98 Å². The van der Waals surface area contributed by atoms with Gasteiger partial charge in [-0.2, -0.15) is 0 Å². The molecule has 1 heterocycles. The third-order valence-corrected chi connectivity index (χ3v) is 2.13. The molecule has 0 bridgehead atoms. The highest BCUT2D eigenvalue weighted by molar-refractivity contribution is 6.17. The van der Waals surface area contributed by atoms with Crippen molar-refractivity contribution in [3.05, 3.63) is 23.0 Å².